The van der Waals surface area contributed by atoms with E-state index in [9.17, 15) is 15.3 Å². The van der Waals surface area contributed by atoms with E-state index in [4.69, 9.17) is 9.47 Å². The van der Waals surface area contributed by atoms with Crippen LogP contribution in [-0.4, -0.2) is 59.6 Å². The van der Waals surface area contributed by atoms with Crippen LogP contribution in [0.4, 0.5) is 0 Å². The van der Waals surface area contributed by atoms with Crippen LogP contribution in [0.5, 0.6) is 0 Å². The van der Waals surface area contributed by atoms with Gasteiger partial charge in [-0.2, -0.15) is 0 Å². The summed E-state index contributed by atoms with van der Waals surface area (Å²) in [6.07, 6.45) is 5.07. The standard InChI is InChI=1S/C14H26O5/c1-2-3-4-5-6-7-8-18-9-12(16)14-13(17)11(15)10-19-14/h6-7,11-17H,2-5,8-10H2,1H3/b7-6+/t11-,12+,13-,14-/m0/s1. The van der Waals surface area contributed by atoms with Gasteiger partial charge >= 0.3 is 0 Å². The molecule has 112 valence electrons. The summed E-state index contributed by atoms with van der Waals surface area (Å²) in [4.78, 5) is 0. The number of rotatable bonds is 9. The van der Waals surface area contributed by atoms with Crippen molar-refractivity contribution in [1.29, 1.82) is 0 Å². The molecule has 0 aromatic rings. The Morgan fingerprint density at radius 3 is 2.74 bits per heavy atom. The third kappa shape index (κ3) is 6.01. The second-order valence-corrected chi connectivity index (χ2v) is 4.93. The molecule has 19 heavy (non-hydrogen) atoms. The summed E-state index contributed by atoms with van der Waals surface area (Å²) in [5, 5.41) is 28.6. The molecule has 5 nitrogen and oxygen atoms in total. The zero-order valence-electron chi connectivity index (χ0n) is 11.6. The molecular weight excluding hydrogens is 248 g/mol. The highest BCUT2D eigenvalue weighted by atomic mass is 16.5. The van der Waals surface area contributed by atoms with Gasteiger partial charge in [0.05, 0.1) is 19.8 Å². The Kier molecular flexibility index (Phi) is 8.25. The van der Waals surface area contributed by atoms with Crippen molar-refractivity contribution >= 4 is 0 Å². The van der Waals surface area contributed by atoms with Crippen molar-refractivity contribution < 1.29 is 24.8 Å². The van der Waals surface area contributed by atoms with E-state index >= 15 is 0 Å². The Morgan fingerprint density at radius 2 is 2.11 bits per heavy atom. The van der Waals surface area contributed by atoms with E-state index in [0.29, 0.717) is 6.61 Å². The van der Waals surface area contributed by atoms with Crippen LogP contribution in [0.2, 0.25) is 0 Å². The van der Waals surface area contributed by atoms with E-state index < -0.39 is 24.4 Å². The predicted octanol–water partition coefficient (Wildman–Crippen LogP) is 0.621. The van der Waals surface area contributed by atoms with E-state index in [1.807, 2.05) is 6.08 Å². The number of allylic oxidation sites excluding steroid dienone is 1. The van der Waals surface area contributed by atoms with Crippen LogP contribution in [0.25, 0.3) is 0 Å². The van der Waals surface area contributed by atoms with Gasteiger partial charge in [-0.25, -0.2) is 0 Å². The highest BCUT2D eigenvalue weighted by molar-refractivity contribution is 4.88. The van der Waals surface area contributed by atoms with Crippen LogP contribution in [0.1, 0.15) is 32.6 Å². The average Bonchev–Trinajstić information content (AvgIpc) is 2.73. The van der Waals surface area contributed by atoms with Gasteiger partial charge in [-0.15, -0.1) is 0 Å². The summed E-state index contributed by atoms with van der Waals surface area (Å²) in [7, 11) is 0. The lowest BCUT2D eigenvalue weighted by Crippen LogP contribution is -2.40. The Bertz CT molecular complexity index is 256. The van der Waals surface area contributed by atoms with Crippen molar-refractivity contribution in [3.05, 3.63) is 12.2 Å². The summed E-state index contributed by atoms with van der Waals surface area (Å²) in [6, 6.07) is 0. The van der Waals surface area contributed by atoms with E-state index in [1.54, 1.807) is 0 Å². The SMILES string of the molecule is CCCCC/C=C/COC[C@@H](O)[C@@H]1OC[C@H](O)[C@@H]1O. The third-order valence-corrected chi connectivity index (χ3v) is 3.21. The summed E-state index contributed by atoms with van der Waals surface area (Å²) in [6.45, 7) is 2.76. The van der Waals surface area contributed by atoms with Crippen molar-refractivity contribution in [2.75, 3.05) is 19.8 Å². The fourth-order valence-corrected chi connectivity index (χ4v) is 2.01. The minimum Gasteiger partial charge on any atom is -0.388 e. The number of unbranched alkanes of at least 4 members (excludes halogenated alkanes) is 3. The average molecular weight is 274 g/mol. The first-order valence-corrected chi connectivity index (χ1v) is 7.05. The molecule has 1 heterocycles. The Labute approximate surface area is 114 Å². The van der Waals surface area contributed by atoms with Gasteiger partial charge in [-0.3, -0.25) is 0 Å². The van der Waals surface area contributed by atoms with Crippen LogP contribution in [0.3, 0.4) is 0 Å². The molecule has 1 aliphatic rings. The van der Waals surface area contributed by atoms with Crippen molar-refractivity contribution in [3.8, 4) is 0 Å². The molecule has 1 fully saturated rings. The first-order chi connectivity index (χ1) is 9.16. The van der Waals surface area contributed by atoms with Crippen LogP contribution >= 0.6 is 0 Å². The van der Waals surface area contributed by atoms with Crippen molar-refractivity contribution in [1.82, 2.24) is 0 Å². The number of hydrogen-bond donors (Lipinski definition) is 3. The molecule has 3 N–H and O–H groups in total. The molecule has 4 atom stereocenters. The predicted molar refractivity (Wildman–Crippen MR) is 71.9 cm³/mol. The van der Waals surface area contributed by atoms with Crippen LogP contribution in [-0.2, 0) is 9.47 Å². The smallest absolute Gasteiger partial charge is 0.114 e. The Balaban J connectivity index is 2.06. The highest BCUT2D eigenvalue weighted by Crippen LogP contribution is 2.17. The fourth-order valence-electron chi connectivity index (χ4n) is 2.01. The lowest BCUT2D eigenvalue weighted by atomic mass is 10.1. The molecule has 1 saturated heterocycles. The van der Waals surface area contributed by atoms with Crippen molar-refractivity contribution in [2.45, 2.75) is 57.0 Å². The molecule has 5 heteroatoms. The molecule has 0 bridgehead atoms. The van der Waals surface area contributed by atoms with Crippen molar-refractivity contribution in [3.63, 3.8) is 0 Å². The van der Waals surface area contributed by atoms with Crippen molar-refractivity contribution in [2.24, 2.45) is 0 Å². The summed E-state index contributed by atoms with van der Waals surface area (Å²) in [5.41, 5.74) is 0. The van der Waals surface area contributed by atoms with Gasteiger partial charge in [0.25, 0.3) is 0 Å². The largest absolute Gasteiger partial charge is 0.388 e. The molecule has 0 amide bonds. The summed E-state index contributed by atoms with van der Waals surface area (Å²) < 4.78 is 10.4. The van der Waals surface area contributed by atoms with E-state index in [2.05, 4.69) is 13.0 Å². The summed E-state index contributed by atoms with van der Waals surface area (Å²) in [5.74, 6) is 0. The minimum absolute atomic E-state index is 0.0558. The van der Waals surface area contributed by atoms with Gasteiger partial charge in [0.1, 0.15) is 24.4 Å². The van der Waals surface area contributed by atoms with E-state index in [1.165, 1.54) is 19.3 Å². The molecule has 0 saturated carbocycles. The number of aliphatic hydroxyl groups is 3. The molecule has 1 rings (SSSR count). The second-order valence-electron chi connectivity index (χ2n) is 4.93. The van der Waals surface area contributed by atoms with Gasteiger partial charge in [0.15, 0.2) is 0 Å². The zero-order chi connectivity index (χ0) is 14.1. The van der Waals surface area contributed by atoms with Gasteiger partial charge in [-0.05, 0) is 12.8 Å². The summed E-state index contributed by atoms with van der Waals surface area (Å²) >= 11 is 0. The topological polar surface area (TPSA) is 79.2 Å². The second kappa shape index (κ2) is 9.44. The van der Waals surface area contributed by atoms with E-state index in [0.717, 1.165) is 6.42 Å². The van der Waals surface area contributed by atoms with Gasteiger partial charge in [-0.1, -0.05) is 31.9 Å². The maximum Gasteiger partial charge on any atom is 0.114 e. The Morgan fingerprint density at radius 1 is 1.32 bits per heavy atom. The van der Waals surface area contributed by atoms with Gasteiger partial charge < -0.3 is 24.8 Å². The fraction of sp³-hybridized carbons (Fsp3) is 0.857. The van der Waals surface area contributed by atoms with E-state index in [-0.39, 0.29) is 13.2 Å². The maximum atomic E-state index is 9.76. The first-order valence-electron chi connectivity index (χ1n) is 7.05. The minimum atomic E-state index is -1.04. The monoisotopic (exact) mass is 274 g/mol. The molecule has 0 unspecified atom stereocenters. The lowest BCUT2D eigenvalue weighted by Gasteiger charge is -2.20. The number of aliphatic hydroxyl groups excluding tert-OH is 3. The normalized spacial score (nSPS) is 29.2. The lowest BCUT2D eigenvalue weighted by molar-refractivity contribution is -0.0782. The molecule has 0 spiro atoms. The maximum absolute atomic E-state index is 9.76. The number of hydrogen-bond acceptors (Lipinski definition) is 5. The first kappa shape index (κ1) is 16.6. The highest BCUT2D eigenvalue weighted by Gasteiger charge is 2.39. The van der Waals surface area contributed by atoms with Gasteiger partial charge in [0.2, 0.25) is 0 Å². The zero-order valence-corrected chi connectivity index (χ0v) is 11.6. The van der Waals surface area contributed by atoms with Crippen LogP contribution in [0.15, 0.2) is 12.2 Å². The van der Waals surface area contributed by atoms with Crippen LogP contribution in [0, 0.1) is 0 Å². The van der Waals surface area contributed by atoms with Gasteiger partial charge in [0, 0.05) is 0 Å². The quantitative estimate of drug-likeness (QED) is 0.424. The number of ether oxygens (including phenoxy) is 2. The molecule has 0 radical (unpaired) electrons. The molecule has 0 aromatic carbocycles. The molecular formula is C14H26O5. The molecule has 0 aromatic heterocycles. The van der Waals surface area contributed by atoms with Crippen LogP contribution < -0.4 is 0 Å². The molecule has 0 aliphatic carbocycles. The Hall–Kier alpha value is -0.460. The molecule has 1 aliphatic heterocycles. The third-order valence-electron chi connectivity index (χ3n) is 3.21.